The number of rotatable bonds is 5. The molecule has 2 heterocycles. The smallest absolute Gasteiger partial charge is 0.249 e. The highest BCUT2D eigenvalue weighted by Crippen LogP contribution is 2.19. The number of ether oxygens (including phenoxy) is 1. The zero-order valence-corrected chi connectivity index (χ0v) is 14.6. The summed E-state index contributed by atoms with van der Waals surface area (Å²) in [6, 6.07) is 10.1. The average molecular weight is 360 g/mol. The van der Waals surface area contributed by atoms with Gasteiger partial charge in [-0.1, -0.05) is 18.2 Å². The number of piperazine rings is 1. The van der Waals surface area contributed by atoms with Gasteiger partial charge in [0.2, 0.25) is 17.7 Å². The number of amides is 3. The van der Waals surface area contributed by atoms with Crippen LogP contribution in [0.1, 0.15) is 12.8 Å². The van der Waals surface area contributed by atoms with Crippen molar-refractivity contribution in [3.63, 3.8) is 0 Å². The van der Waals surface area contributed by atoms with E-state index in [-0.39, 0.29) is 18.4 Å². The Balaban J connectivity index is 1.41. The predicted octanol–water partition coefficient (Wildman–Crippen LogP) is -0.516. The molecule has 8 heteroatoms. The lowest BCUT2D eigenvalue weighted by Crippen LogP contribution is -2.52. The minimum absolute atomic E-state index is 0.0642. The second-order valence-electron chi connectivity index (χ2n) is 6.51. The Hall–Kier alpha value is -2.61. The molecule has 1 aromatic carbocycles. The summed E-state index contributed by atoms with van der Waals surface area (Å²) in [5.41, 5.74) is 6.32. The third-order valence-electron chi connectivity index (χ3n) is 4.80. The molecule has 140 valence electrons. The maximum Gasteiger partial charge on any atom is 0.249 e. The van der Waals surface area contributed by atoms with Crippen molar-refractivity contribution in [2.75, 3.05) is 37.6 Å². The number of hydrogen-bond donors (Lipinski definition) is 2. The molecule has 2 aliphatic rings. The van der Waals surface area contributed by atoms with Crippen LogP contribution < -0.4 is 16.0 Å². The molecule has 0 aromatic heterocycles. The molecule has 2 fully saturated rings. The third kappa shape index (κ3) is 4.32. The average Bonchev–Trinajstić information content (AvgIpc) is 3.17. The highest BCUT2D eigenvalue weighted by Gasteiger charge is 2.34. The summed E-state index contributed by atoms with van der Waals surface area (Å²) in [6.45, 7) is 2.69. The highest BCUT2D eigenvalue weighted by molar-refractivity contribution is 5.88. The van der Waals surface area contributed by atoms with Gasteiger partial charge in [-0.2, -0.15) is 0 Å². The lowest BCUT2D eigenvalue weighted by Gasteiger charge is -2.36. The Morgan fingerprint density at radius 1 is 1.04 bits per heavy atom. The van der Waals surface area contributed by atoms with Crippen molar-refractivity contribution in [2.24, 2.45) is 5.73 Å². The highest BCUT2D eigenvalue weighted by atomic mass is 16.5. The monoisotopic (exact) mass is 360 g/mol. The second kappa shape index (κ2) is 8.18. The molecule has 0 spiro atoms. The van der Waals surface area contributed by atoms with Gasteiger partial charge in [-0.05, 0) is 25.0 Å². The van der Waals surface area contributed by atoms with Crippen LogP contribution in [0.4, 0.5) is 5.69 Å². The Bertz CT molecular complexity index is 658. The van der Waals surface area contributed by atoms with E-state index in [4.69, 9.17) is 10.5 Å². The zero-order chi connectivity index (χ0) is 18.5. The summed E-state index contributed by atoms with van der Waals surface area (Å²) in [5.74, 6) is -1.05. The van der Waals surface area contributed by atoms with Gasteiger partial charge in [0.15, 0.2) is 0 Å². The summed E-state index contributed by atoms with van der Waals surface area (Å²) >= 11 is 0. The van der Waals surface area contributed by atoms with Crippen LogP contribution in [-0.2, 0) is 19.1 Å². The van der Waals surface area contributed by atoms with Crippen molar-refractivity contribution in [1.82, 2.24) is 10.2 Å². The molecule has 0 saturated carbocycles. The number of anilines is 1. The van der Waals surface area contributed by atoms with Gasteiger partial charge in [-0.25, -0.2) is 0 Å². The van der Waals surface area contributed by atoms with Gasteiger partial charge >= 0.3 is 0 Å². The molecule has 3 rings (SSSR count). The molecule has 0 unspecified atom stereocenters. The molecule has 8 nitrogen and oxygen atoms in total. The van der Waals surface area contributed by atoms with E-state index in [1.807, 2.05) is 18.2 Å². The molecule has 26 heavy (non-hydrogen) atoms. The standard InChI is InChI=1S/C18H24N4O4/c19-17(24)14-6-7-15(26-14)18(25)20-12-16(23)22-10-8-21(9-11-22)13-4-2-1-3-5-13/h1-5,14-15H,6-12H2,(H2,19,24)(H,20,25)/t14-,15+/m1/s1. The largest absolute Gasteiger partial charge is 0.368 e. The molecule has 3 amide bonds. The fourth-order valence-electron chi connectivity index (χ4n) is 3.28. The molecule has 0 aliphatic carbocycles. The van der Waals surface area contributed by atoms with Gasteiger partial charge in [-0.3, -0.25) is 14.4 Å². The number of nitrogens with two attached hydrogens (primary N) is 1. The van der Waals surface area contributed by atoms with Gasteiger partial charge in [-0.15, -0.1) is 0 Å². The third-order valence-corrected chi connectivity index (χ3v) is 4.80. The van der Waals surface area contributed by atoms with Crippen LogP contribution in [0, 0.1) is 0 Å². The van der Waals surface area contributed by atoms with E-state index in [0.717, 1.165) is 18.8 Å². The molecular formula is C18H24N4O4. The van der Waals surface area contributed by atoms with E-state index >= 15 is 0 Å². The SMILES string of the molecule is NC(=O)[C@H]1CC[C@@H](C(=O)NCC(=O)N2CCN(c3ccccc3)CC2)O1. The van der Waals surface area contributed by atoms with Crippen molar-refractivity contribution in [1.29, 1.82) is 0 Å². The number of hydrogen-bond acceptors (Lipinski definition) is 5. The second-order valence-corrected chi connectivity index (χ2v) is 6.51. The van der Waals surface area contributed by atoms with E-state index in [1.165, 1.54) is 0 Å². The summed E-state index contributed by atoms with van der Waals surface area (Å²) in [6.07, 6.45) is -0.561. The van der Waals surface area contributed by atoms with Gasteiger partial charge in [0.1, 0.15) is 12.2 Å². The number of para-hydroxylation sites is 1. The van der Waals surface area contributed by atoms with Crippen molar-refractivity contribution in [3.8, 4) is 0 Å². The molecule has 0 bridgehead atoms. The number of nitrogens with zero attached hydrogens (tertiary/aromatic N) is 2. The number of nitrogens with one attached hydrogen (secondary N) is 1. The summed E-state index contributed by atoms with van der Waals surface area (Å²) in [7, 11) is 0. The summed E-state index contributed by atoms with van der Waals surface area (Å²) < 4.78 is 5.31. The van der Waals surface area contributed by atoms with Crippen LogP contribution in [0.2, 0.25) is 0 Å². The predicted molar refractivity (Wildman–Crippen MR) is 95.3 cm³/mol. The molecule has 0 radical (unpaired) electrons. The number of carbonyl (C=O) groups excluding carboxylic acids is 3. The van der Waals surface area contributed by atoms with Crippen molar-refractivity contribution in [2.45, 2.75) is 25.0 Å². The van der Waals surface area contributed by atoms with Crippen LogP contribution in [-0.4, -0.2) is 67.6 Å². The van der Waals surface area contributed by atoms with Crippen LogP contribution in [0.25, 0.3) is 0 Å². The molecule has 2 atom stereocenters. The van der Waals surface area contributed by atoms with Crippen LogP contribution in [0.5, 0.6) is 0 Å². The Morgan fingerprint density at radius 3 is 2.31 bits per heavy atom. The van der Waals surface area contributed by atoms with Crippen LogP contribution >= 0.6 is 0 Å². The topological polar surface area (TPSA) is 105 Å². The minimum atomic E-state index is -0.715. The first-order valence-corrected chi connectivity index (χ1v) is 8.85. The molecule has 3 N–H and O–H groups in total. The zero-order valence-electron chi connectivity index (χ0n) is 14.6. The maximum atomic E-state index is 12.3. The summed E-state index contributed by atoms with van der Waals surface area (Å²) in [4.78, 5) is 39.4. The van der Waals surface area contributed by atoms with Crippen molar-refractivity contribution in [3.05, 3.63) is 30.3 Å². The van der Waals surface area contributed by atoms with E-state index in [9.17, 15) is 14.4 Å². The fraction of sp³-hybridized carbons (Fsp3) is 0.500. The van der Waals surface area contributed by atoms with E-state index in [1.54, 1.807) is 4.90 Å². The maximum absolute atomic E-state index is 12.3. The number of benzene rings is 1. The van der Waals surface area contributed by atoms with Gasteiger partial charge in [0.25, 0.3) is 0 Å². The van der Waals surface area contributed by atoms with E-state index in [0.29, 0.717) is 25.9 Å². The van der Waals surface area contributed by atoms with Crippen LogP contribution in [0.3, 0.4) is 0 Å². The Labute approximate surface area is 152 Å². The number of primary amides is 1. The Kier molecular flexibility index (Phi) is 5.72. The van der Waals surface area contributed by atoms with Crippen molar-refractivity contribution >= 4 is 23.4 Å². The molecule has 2 saturated heterocycles. The lowest BCUT2D eigenvalue weighted by molar-refractivity contribution is -0.140. The lowest BCUT2D eigenvalue weighted by atomic mass is 10.2. The fourth-order valence-corrected chi connectivity index (χ4v) is 3.28. The van der Waals surface area contributed by atoms with Gasteiger partial charge < -0.3 is 25.6 Å². The van der Waals surface area contributed by atoms with Crippen molar-refractivity contribution < 1.29 is 19.1 Å². The first-order valence-electron chi connectivity index (χ1n) is 8.85. The minimum Gasteiger partial charge on any atom is -0.368 e. The first kappa shape index (κ1) is 18.2. The summed E-state index contributed by atoms with van der Waals surface area (Å²) in [5, 5.41) is 2.60. The number of carbonyl (C=O) groups is 3. The molecule has 1 aromatic rings. The first-order chi connectivity index (χ1) is 12.5. The van der Waals surface area contributed by atoms with Gasteiger partial charge in [0, 0.05) is 31.9 Å². The quantitative estimate of drug-likeness (QED) is 0.735. The van der Waals surface area contributed by atoms with E-state index in [2.05, 4.69) is 22.3 Å². The van der Waals surface area contributed by atoms with Crippen LogP contribution in [0.15, 0.2) is 30.3 Å². The Morgan fingerprint density at radius 2 is 1.69 bits per heavy atom. The molecular weight excluding hydrogens is 336 g/mol. The van der Waals surface area contributed by atoms with E-state index < -0.39 is 18.1 Å². The molecule has 2 aliphatic heterocycles. The normalized spacial score (nSPS) is 22.9. The van der Waals surface area contributed by atoms with Gasteiger partial charge in [0.05, 0.1) is 6.54 Å².